The van der Waals surface area contributed by atoms with E-state index in [0.717, 1.165) is 48.5 Å². The third-order valence-electron chi connectivity index (χ3n) is 5.88. The third kappa shape index (κ3) is 10.3. The molecule has 244 valence electrons. The number of ketones is 1. The molecule has 0 saturated carbocycles. The van der Waals surface area contributed by atoms with Gasteiger partial charge in [-0.3, -0.25) is 4.79 Å². The highest BCUT2D eigenvalue weighted by Gasteiger charge is 2.32. The van der Waals surface area contributed by atoms with Crippen molar-refractivity contribution in [3.8, 4) is 11.5 Å². The second-order valence-electron chi connectivity index (χ2n) is 9.42. The Morgan fingerprint density at radius 3 is 1.39 bits per heavy atom. The van der Waals surface area contributed by atoms with Gasteiger partial charge in [-0.2, -0.15) is 26.3 Å². The van der Waals surface area contributed by atoms with Crippen LogP contribution in [0.2, 0.25) is 10.0 Å². The largest absolute Gasteiger partial charge is 0.487 e. The minimum atomic E-state index is -4.53. The molecule has 5 nitrogen and oxygen atoms in total. The Hall–Kier alpha value is -4.36. The number of ether oxygens (including phenoxy) is 2. The van der Waals surface area contributed by atoms with Crippen molar-refractivity contribution < 1.29 is 59.3 Å². The van der Waals surface area contributed by atoms with Gasteiger partial charge in [0.15, 0.2) is 5.78 Å². The summed E-state index contributed by atoms with van der Waals surface area (Å²) in [5.74, 6) is -2.97. The molecule has 0 amide bonds. The van der Waals surface area contributed by atoms with Gasteiger partial charge in [0, 0.05) is 5.56 Å². The van der Waals surface area contributed by atoms with Crippen molar-refractivity contribution >= 4 is 35.0 Å². The molecule has 0 spiro atoms. The average Bonchev–Trinajstić information content (AvgIpc) is 2.94. The average molecular weight is 695 g/mol. The second kappa shape index (κ2) is 14.8. The topological polar surface area (TPSA) is 72.8 Å². The zero-order valence-electron chi connectivity index (χ0n) is 23.2. The van der Waals surface area contributed by atoms with Crippen molar-refractivity contribution in [2.75, 3.05) is 0 Å². The Kier molecular flexibility index (Phi) is 11.6. The van der Waals surface area contributed by atoms with Crippen LogP contribution >= 0.6 is 23.2 Å². The van der Waals surface area contributed by atoms with Crippen LogP contribution in [0.4, 0.5) is 35.1 Å². The number of Topliss-reactive ketones (excluding diaryl/α,β-unsaturated/α-hetero) is 1. The molecule has 0 heterocycles. The van der Waals surface area contributed by atoms with Crippen LogP contribution in [0.15, 0.2) is 72.8 Å². The minimum Gasteiger partial charge on any atom is -0.487 e. The van der Waals surface area contributed by atoms with E-state index in [1.807, 2.05) is 0 Å². The maximum absolute atomic E-state index is 13.4. The van der Waals surface area contributed by atoms with Gasteiger partial charge in [0.05, 0.1) is 26.7 Å². The van der Waals surface area contributed by atoms with E-state index >= 15 is 0 Å². The minimum absolute atomic E-state index is 0.0270. The fraction of sp³-hybridized carbons (Fsp3) is 0.161. The first-order valence-electron chi connectivity index (χ1n) is 12.7. The maximum Gasteiger partial charge on any atom is 0.416 e. The molecule has 0 bridgehead atoms. The lowest BCUT2D eigenvalue weighted by Crippen LogP contribution is -2.05. The lowest BCUT2D eigenvalue weighted by molar-refractivity contribution is -0.138. The summed E-state index contributed by atoms with van der Waals surface area (Å²) in [6, 6.07) is 12.1. The van der Waals surface area contributed by atoms with Gasteiger partial charge < -0.3 is 14.6 Å². The highest BCUT2D eigenvalue weighted by Crippen LogP contribution is 2.36. The van der Waals surface area contributed by atoms with E-state index < -0.39 is 41.1 Å². The summed E-state index contributed by atoms with van der Waals surface area (Å²) >= 11 is 11.5. The summed E-state index contributed by atoms with van der Waals surface area (Å²) in [6.45, 7) is 0.915. The predicted molar refractivity (Wildman–Crippen MR) is 151 cm³/mol. The maximum atomic E-state index is 13.4. The number of aromatic carboxylic acids is 1. The summed E-state index contributed by atoms with van der Waals surface area (Å²) in [4.78, 5) is 22.1. The fourth-order valence-electron chi connectivity index (χ4n) is 3.70. The third-order valence-corrected chi connectivity index (χ3v) is 6.47. The SMILES string of the molecule is CC(=O)c1cc(F)cc(COc2ccc(C(F)(F)F)cc2Cl)c1.O=C(O)c1cc(F)cc(COc2ccc(C(F)(F)F)cc2Cl)c1. The quantitative estimate of drug-likeness (QED) is 0.147. The van der Waals surface area contributed by atoms with Crippen molar-refractivity contribution in [2.45, 2.75) is 32.5 Å². The van der Waals surface area contributed by atoms with Crippen LogP contribution in [0.5, 0.6) is 11.5 Å². The van der Waals surface area contributed by atoms with Gasteiger partial charge in [-0.25, -0.2) is 13.6 Å². The monoisotopic (exact) mass is 694 g/mol. The van der Waals surface area contributed by atoms with Crippen LogP contribution in [-0.4, -0.2) is 16.9 Å². The van der Waals surface area contributed by atoms with E-state index in [-0.39, 0.29) is 57.2 Å². The van der Waals surface area contributed by atoms with Crippen molar-refractivity contribution in [2.24, 2.45) is 0 Å². The Morgan fingerprint density at radius 2 is 1.04 bits per heavy atom. The molecule has 46 heavy (non-hydrogen) atoms. The molecule has 4 rings (SSSR count). The van der Waals surface area contributed by atoms with Gasteiger partial charge >= 0.3 is 18.3 Å². The van der Waals surface area contributed by atoms with Crippen LogP contribution in [0, 0.1) is 11.6 Å². The Balaban J connectivity index is 0.000000250. The van der Waals surface area contributed by atoms with Crippen molar-refractivity contribution in [3.63, 3.8) is 0 Å². The van der Waals surface area contributed by atoms with Gasteiger partial charge in [0.2, 0.25) is 0 Å². The highest BCUT2D eigenvalue weighted by molar-refractivity contribution is 6.32. The summed E-state index contributed by atoms with van der Waals surface area (Å²) in [5.41, 5.74) is -1.32. The van der Waals surface area contributed by atoms with Crippen LogP contribution in [0.1, 0.15) is 49.9 Å². The standard InChI is InChI=1S/C16H11ClF4O2.C15H9ClF4O3/c1-9(22)11-4-10(5-13(18)6-11)8-23-15-3-2-12(7-14(15)17)16(19,20)21;16-12-6-10(15(18,19)20)1-2-13(12)23-7-8-3-9(14(21)22)5-11(17)4-8/h2-7H,8H2,1H3;1-6H,7H2,(H,21,22). The molecule has 0 aliphatic heterocycles. The van der Waals surface area contributed by atoms with Crippen molar-refractivity contribution in [1.29, 1.82) is 0 Å². The Labute approximate surface area is 265 Å². The Morgan fingerprint density at radius 1 is 0.652 bits per heavy atom. The number of carboxylic acid groups (broad SMARTS) is 1. The first-order chi connectivity index (χ1) is 21.3. The molecule has 0 aromatic heterocycles. The van der Waals surface area contributed by atoms with Gasteiger partial charge in [-0.05, 0) is 90.8 Å². The molecule has 0 unspecified atom stereocenters. The van der Waals surface area contributed by atoms with Gasteiger partial charge in [0.25, 0.3) is 0 Å². The summed E-state index contributed by atoms with van der Waals surface area (Å²) < 4.78 is 112. The van der Waals surface area contributed by atoms with Crippen LogP contribution in [-0.2, 0) is 25.6 Å². The first kappa shape index (κ1) is 36.1. The number of hydrogen-bond donors (Lipinski definition) is 1. The number of halogens is 10. The number of benzene rings is 4. The zero-order chi connectivity index (χ0) is 34.4. The molecule has 0 aliphatic carbocycles. The number of carboxylic acids is 1. The molecule has 4 aromatic rings. The smallest absolute Gasteiger partial charge is 0.416 e. The van der Waals surface area contributed by atoms with E-state index in [1.165, 1.54) is 25.1 Å². The molecule has 15 heteroatoms. The molecule has 0 saturated heterocycles. The van der Waals surface area contributed by atoms with Crippen LogP contribution in [0.25, 0.3) is 0 Å². The molecule has 4 aromatic carbocycles. The van der Waals surface area contributed by atoms with Crippen LogP contribution < -0.4 is 9.47 Å². The van der Waals surface area contributed by atoms with E-state index in [4.69, 9.17) is 37.8 Å². The van der Waals surface area contributed by atoms with Crippen LogP contribution in [0.3, 0.4) is 0 Å². The first-order valence-corrected chi connectivity index (χ1v) is 13.4. The lowest BCUT2D eigenvalue weighted by Gasteiger charge is -2.12. The molecule has 0 atom stereocenters. The van der Waals surface area contributed by atoms with E-state index in [1.54, 1.807) is 0 Å². The fourth-order valence-corrected chi connectivity index (χ4v) is 4.18. The normalized spacial score (nSPS) is 11.4. The summed E-state index contributed by atoms with van der Waals surface area (Å²) in [5, 5.41) is 8.37. The summed E-state index contributed by atoms with van der Waals surface area (Å²) in [6.07, 6.45) is -9.03. The zero-order valence-corrected chi connectivity index (χ0v) is 24.7. The second-order valence-corrected chi connectivity index (χ2v) is 10.2. The molecule has 0 radical (unpaired) electrons. The molecular weight excluding hydrogens is 675 g/mol. The van der Waals surface area contributed by atoms with Crippen molar-refractivity contribution in [1.82, 2.24) is 0 Å². The van der Waals surface area contributed by atoms with E-state index in [2.05, 4.69) is 0 Å². The summed E-state index contributed by atoms with van der Waals surface area (Å²) in [7, 11) is 0. The number of carbonyl (C=O) groups excluding carboxylic acids is 1. The lowest BCUT2D eigenvalue weighted by atomic mass is 10.1. The van der Waals surface area contributed by atoms with Gasteiger partial charge in [-0.15, -0.1) is 0 Å². The number of carbonyl (C=O) groups is 2. The number of hydrogen-bond acceptors (Lipinski definition) is 4. The predicted octanol–water partition coefficient (Wildman–Crippen LogP) is 10.1. The van der Waals surface area contributed by atoms with E-state index in [9.17, 15) is 44.7 Å². The number of rotatable bonds is 8. The number of alkyl halides is 6. The Bertz CT molecular complexity index is 1610. The van der Waals surface area contributed by atoms with Gasteiger partial charge in [0.1, 0.15) is 36.3 Å². The highest BCUT2D eigenvalue weighted by atomic mass is 35.5. The molecular formula is C31H20Cl2F8O5. The molecule has 1 N–H and O–H groups in total. The molecule has 0 aliphatic rings. The van der Waals surface area contributed by atoms with Gasteiger partial charge in [-0.1, -0.05) is 23.2 Å². The van der Waals surface area contributed by atoms with Crippen molar-refractivity contribution in [3.05, 3.63) is 128 Å². The molecule has 0 fully saturated rings. The van der Waals surface area contributed by atoms with E-state index in [0.29, 0.717) is 11.6 Å².